The zero-order valence-corrected chi connectivity index (χ0v) is 9.00. The summed E-state index contributed by atoms with van der Waals surface area (Å²) >= 11 is 0. The highest BCUT2D eigenvalue weighted by molar-refractivity contribution is 5.31. The molecule has 0 atom stereocenters. The molecule has 4 nitrogen and oxygen atoms in total. The molecule has 0 aliphatic heterocycles. The van der Waals surface area contributed by atoms with Gasteiger partial charge >= 0.3 is 0 Å². The van der Waals surface area contributed by atoms with Crippen LogP contribution in [0.2, 0.25) is 0 Å². The number of nitrogens with zero attached hydrogens (tertiary/aromatic N) is 2. The normalized spacial score (nSPS) is 10.5. The molecule has 0 bridgehead atoms. The molecule has 0 spiro atoms. The van der Waals surface area contributed by atoms with Gasteiger partial charge in [0.2, 0.25) is 0 Å². The van der Waals surface area contributed by atoms with E-state index >= 15 is 0 Å². The highest BCUT2D eigenvalue weighted by atomic mass is 16.3. The molecule has 1 aromatic carbocycles. The number of phenolic OH excluding ortho intramolecular Hbond substituents is 1. The molecule has 0 fully saturated rings. The largest absolute Gasteiger partial charge is 0.508 e. The monoisotopic (exact) mass is 217 g/mol. The lowest BCUT2D eigenvalue weighted by Gasteiger charge is -2.06. The first-order chi connectivity index (χ1) is 7.86. The first-order valence-corrected chi connectivity index (χ1v) is 5.31. The molecule has 0 saturated heterocycles. The average molecular weight is 217 g/mol. The van der Waals surface area contributed by atoms with Crippen LogP contribution in [-0.2, 0) is 13.1 Å². The maximum Gasteiger partial charge on any atom is 0.120 e. The summed E-state index contributed by atoms with van der Waals surface area (Å²) in [7, 11) is 0. The van der Waals surface area contributed by atoms with Crippen LogP contribution < -0.4 is 5.32 Å². The van der Waals surface area contributed by atoms with Crippen molar-refractivity contribution >= 4 is 0 Å². The van der Waals surface area contributed by atoms with Gasteiger partial charge in [-0.25, -0.2) is 0 Å². The molecule has 0 aliphatic carbocycles. The van der Waals surface area contributed by atoms with Crippen molar-refractivity contribution in [1.29, 1.82) is 0 Å². The molecular formula is C12H15N3O. The fraction of sp³-hybridized carbons (Fsp3) is 0.250. The number of benzene rings is 1. The average Bonchev–Trinajstić information content (AvgIpc) is 2.79. The Bertz CT molecular complexity index is 426. The molecule has 1 heterocycles. The summed E-state index contributed by atoms with van der Waals surface area (Å²) in [5.41, 5.74) is 0.919. The van der Waals surface area contributed by atoms with Gasteiger partial charge in [0.15, 0.2) is 0 Å². The third-order valence-corrected chi connectivity index (χ3v) is 2.38. The van der Waals surface area contributed by atoms with Crippen LogP contribution in [0.15, 0.2) is 42.7 Å². The third kappa shape index (κ3) is 2.84. The van der Waals surface area contributed by atoms with E-state index in [4.69, 9.17) is 0 Å². The maximum atomic E-state index is 9.54. The van der Waals surface area contributed by atoms with E-state index in [0.717, 1.165) is 18.7 Å². The number of aromatic hydroxyl groups is 1. The zero-order chi connectivity index (χ0) is 11.2. The van der Waals surface area contributed by atoms with Crippen molar-refractivity contribution in [2.45, 2.75) is 13.1 Å². The molecule has 0 radical (unpaired) electrons. The quantitative estimate of drug-likeness (QED) is 0.744. The highest BCUT2D eigenvalue weighted by Crippen LogP contribution is 2.14. The summed E-state index contributed by atoms with van der Waals surface area (Å²) in [5.74, 6) is 0.342. The van der Waals surface area contributed by atoms with Gasteiger partial charge in [-0.1, -0.05) is 18.2 Å². The van der Waals surface area contributed by atoms with Crippen molar-refractivity contribution in [1.82, 2.24) is 15.1 Å². The van der Waals surface area contributed by atoms with E-state index in [1.54, 1.807) is 12.3 Å². The summed E-state index contributed by atoms with van der Waals surface area (Å²) in [5, 5.41) is 16.9. The Morgan fingerprint density at radius 3 is 2.88 bits per heavy atom. The molecule has 2 N–H and O–H groups in total. The molecule has 0 amide bonds. The SMILES string of the molecule is Oc1ccccc1CNCCn1cccn1. The molecule has 16 heavy (non-hydrogen) atoms. The van der Waals surface area contributed by atoms with E-state index in [1.807, 2.05) is 35.1 Å². The van der Waals surface area contributed by atoms with E-state index in [1.165, 1.54) is 0 Å². The van der Waals surface area contributed by atoms with Gasteiger partial charge < -0.3 is 10.4 Å². The molecule has 1 aromatic heterocycles. The Morgan fingerprint density at radius 2 is 2.12 bits per heavy atom. The lowest BCUT2D eigenvalue weighted by molar-refractivity contribution is 0.462. The molecular weight excluding hydrogens is 202 g/mol. The van der Waals surface area contributed by atoms with Gasteiger partial charge in [-0.15, -0.1) is 0 Å². The standard InChI is InChI=1S/C12H15N3O/c16-12-5-2-1-4-11(12)10-13-7-9-15-8-3-6-14-15/h1-6,8,13,16H,7,9-10H2. The minimum absolute atomic E-state index is 0.342. The number of hydrogen-bond donors (Lipinski definition) is 2. The molecule has 0 unspecified atom stereocenters. The van der Waals surface area contributed by atoms with E-state index in [2.05, 4.69) is 10.4 Å². The number of phenols is 1. The lowest BCUT2D eigenvalue weighted by atomic mass is 10.2. The summed E-state index contributed by atoms with van der Waals surface area (Å²) in [6.45, 7) is 2.34. The third-order valence-electron chi connectivity index (χ3n) is 2.38. The topological polar surface area (TPSA) is 50.1 Å². The Morgan fingerprint density at radius 1 is 1.25 bits per heavy atom. The predicted octanol–water partition coefficient (Wildman–Crippen LogP) is 1.38. The maximum absolute atomic E-state index is 9.54. The van der Waals surface area contributed by atoms with Crippen LogP contribution in [0.4, 0.5) is 0 Å². The molecule has 4 heteroatoms. The van der Waals surface area contributed by atoms with Crippen molar-refractivity contribution in [2.24, 2.45) is 0 Å². The number of rotatable bonds is 5. The minimum atomic E-state index is 0.342. The van der Waals surface area contributed by atoms with Crippen LogP contribution in [0.1, 0.15) is 5.56 Å². The summed E-state index contributed by atoms with van der Waals surface area (Å²) in [6, 6.07) is 9.26. The van der Waals surface area contributed by atoms with Crippen molar-refractivity contribution in [3.63, 3.8) is 0 Å². The van der Waals surface area contributed by atoms with Crippen molar-refractivity contribution < 1.29 is 5.11 Å². The Kier molecular flexibility index (Phi) is 3.56. The summed E-state index contributed by atoms with van der Waals surface area (Å²) in [6.07, 6.45) is 3.70. The van der Waals surface area contributed by atoms with Crippen molar-refractivity contribution in [3.8, 4) is 5.75 Å². The van der Waals surface area contributed by atoms with Gasteiger partial charge in [0, 0.05) is 31.0 Å². The van der Waals surface area contributed by atoms with Gasteiger partial charge in [0.25, 0.3) is 0 Å². The molecule has 84 valence electrons. The molecule has 2 aromatic rings. The van der Waals surface area contributed by atoms with E-state index in [-0.39, 0.29) is 0 Å². The molecule has 0 aliphatic rings. The Labute approximate surface area is 94.5 Å². The van der Waals surface area contributed by atoms with Crippen LogP contribution in [-0.4, -0.2) is 21.4 Å². The van der Waals surface area contributed by atoms with Crippen LogP contribution in [0.25, 0.3) is 0 Å². The second-order valence-electron chi connectivity index (χ2n) is 3.57. The van der Waals surface area contributed by atoms with Crippen LogP contribution in [0.3, 0.4) is 0 Å². The minimum Gasteiger partial charge on any atom is -0.508 e. The second kappa shape index (κ2) is 5.32. The van der Waals surface area contributed by atoms with E-state index < -0.39 is 0 Å². The fourth-order valence-electron chi connectivity index (χ4n) is 1.51. The van der Waals surface area contributed by atoms with Gasteiger partial charge in [0.1, 0.15) is 5.75 Å². The highest BCUT2D eigenvalue weighted by Gasteiger charge is 1.98. The van der Waals surface area contributed by atoms with Crippen LogP contribution in [0.5, 0.6) is 5.75 Å². The molecule has 2 rings (SSSR count). The first-order valence-electron chi connectivity index (χ1n) is 5.31. The van der Waals surface area contributed by atoms with E-state index in [0.29, 0.717) is 12.3 Å². The predicted molar refractivity (Wildman–Crippen MR) is 62.0 cm³/mol. The summed E-state index contributed by atoms with van der Waals surface area (Å²) < 4.78 is 1.87. The first kappa shape index (κ1) is 10.7. The summed E-state index contributed by atoms with van der Waals surface area (Å²) in [4.78, 5) is 0. The fourth-order valence-corrected chi connectivity index (χ4v) is 1.51. The van der Waals surface area contributed by atoms with Crippen molar-refractivity contribution in [2.75, 3.05) is 6.54 Å². The smallest absolute Gasteiger partial charge is 0.120 e. The zero-order valence-electron chi connectivity index (χ0n) is 9.00. The lowest BCUT2D eigenvalue weighted by Crippen LogP contribution is -2.19. The van der Waals surface area contributed by atoms with Gasteiger partial charge in [-0.05, 0) is 12.1 Å². The Balaban J connectivity index is 1.74. The van der Waals surface area contributed by atoms with Gasteiger partial charge in [-0.3, -0.25) is 4.68 Å². The second-order valence-corrected chi connectivity index (χ2v) is 3.57. The number of para-hydroxylation sites is 1. The molecule has 0 saturated carbocycles. The number of nitrogens with one attached hydrogen (secondary N) is 1. The number of hydrogen-bond acceptors (Lipinski definition) is 3. The van der Waals surface area contributed by atoms with E-state index in [9.17, 15) is 5.11 Å². The van der Waals surface area contributed by atoms with Crippen molar-refractivity contribution in [3.05, 3.63) is 48.3 Å². The Hall–Kier alpha value is -1.81. The van der Waals surface area contributed by atoms with Gasteiger partial charge in [-0.2, -0.15) is 5.10 Å². The number of aromatic nitrogens is 2. The van der Waals surface area contributed by atoms with Gasteiger partial charge in [0.05, 0.1) is 6.54 Å². The van der Waals surface area contributed by atoms with Crippen LogP contribution in [0, 0.1) is 0 Å². The van der Waals surface area contributed by atoms with Crippen LogP contribution >= 0.6 is 0 Å².